The van der Waals surface area contributed by atoms with E-state index in [9.17, 15) is 5.11 Å². The molecule has 3 rings (SSSR count). The number of hydrogen-bond donors (Lipinski definition) is 1. The summed E-state index contributed by atoms with van der Waals surface area (Å²) >= 11 is 1.78. The fourth-order valence-corrected chi connectivity index (χ4v) is 3.02. The van der Waals surface area contributed by atoms with Gasteiger partial charge in [0.15, 0.2) is 0 Å². The molecule has 1 aromatic rings. The number of thioether (sulfide) groups is 1. The zero-order chi connectivity index (χ0) is 11.9. The highest BCUT2D eigenvalue weighted by molar-refractivity contribution is 8.00. The summed E-state index contributed by atoms with van der Waals surface area (Å²) in [5, 5.41) is 10.4. The third kappa shape index (κ3) is 2.31. The number of benzene rings is 1. The van der Waals surface area contributed by atoms with Crippen molar-refractivity contribution in [3.05, 3.63) is 29.8 Å². The van der Waals surface area contributed by atoms with E-state index in [-0.39, 0.29) is 10.9 Å². The molecule has 0 spiro atoms. The van der Waals surface area contributed by atoms with Crippen molar-refractivity contribution in [2.24, 2.45) is 0 Å². The van der Waals surface area contributed by atoms with Crippen molar-refractivity contribution in [1.29, 1.82) is 0 Å². The van der Waals surface area contributed by atoms with Gasteiger partial charge < -0.3 is 9.84 Å². The summed E-state index contributed by atoms with van der Waals surface area (Å²) in [5.74, 6) is 0.904. The van der Waals surface area contributed by atoms with Crippen LogP contribution in [0.5, 0.6) is 5.75 Å². The zero-order valence-corrected chi connectivity index (χ0v) is 10.9. The maximum Gasteiger partial charge on any atom is 0.120 e. The molecule has 0 aromatic heterocycles. The van der Waals surface area contributed by atoms with E-state index in [4.69, 9.17) is 4.74 Å². The molecule has 2 aliphatic carbocycles. The van der Waals surface area contributed by atoms with E-state index in [0.29, 0.717) is 6.10 Å². The Bertz CT molecular complexity index is 410. The van der Waals surface area contributed by atoms with Crippen LogP contribution in [0.2, 0.25) is 0 Å². The second kappa shape index (κ2) is 4.21. The Morgan fingerprint density at radius 1 is 1.41 bits per heavy atom. The first-order valence-corrected chi connectivity index (χ1v) is 7.46. The molecule has 1 atom stereocenters. The Hall–Kier alpha value is -0.670. The fraction of sp³-hybridized carbons (Fsp3) is 0.571. The van der Waals surface area contributed by atoms with E-state index in [1.165, 1.54) is 12.8 Å². The van der Waals surface area contributed by atoms with Crippen LogP contribution in [0.3, 0.4) is 0 Å². The van der Waals surface area contributed by atoms with Gasteiger partial charge in [-0.1, -0.05) is 12.1 Å². The lowest BCUT2D eigenvalue weighted by molar-refractivity contribution is 0.166. The second-order valence-corrected chi connectivity index (χ2v) is 6.28. The smallest absolute Gasteiger partial charge is 0.120 e. The third-order valence-corrected chi connectivity index (χ3v) is 5.09. The van der Waals surface area contributed by atoms with Crippen LogP contribution in [0.15, 0.2) is 24.3 Å². The van der Waals surface area contributed by atoms with Crippen LogP contribution < -0.4 is 4.74 Å². The standard InChI is InChI=1S/C14H18O2S/c1-17-14(7-8-14)13(15)10-3-2-4-12(9-10)16-11-5-6-11/h2-4,9,11,13,15H,5-8H2,1H3. The van der Waals surface area contributed by atoms with E-state index in [1.807, 2.05) is 24.3 Å². The molecular weight excluding hydrogens is 232 g/mol. The summed E-state index contributed by atoms with van der Waals surface area (Å²) in [6, 6.07) is 7.96. The van der Waals surface area contributed by atoms with Gasteiger partial charge in [0.1, 0.15) is 5.75 Å². The van der Waals surface area contributed by atoms with Crippen molar-refractivity contribution in [3.8, 4) is 5.75 Å². The average Bonchev–Trinajstić information content (AvgIpc) is 3.23. The van der Waals surface area contributed by atoms with Gasteiger partial charge >= 0.3 is 0 Å². The lowest BCUT2D eigenvalue weighted by Gasteiger charge is -2.21. The van der Waals surface area contributed by atoms with Crippen molar-refractivity contribution in [3.63, 3.8) is 0 Å². The van der Waals surface area contributed by atoms with Crippen molar-refractivity contribution in [1.82, 2.24) is 0 Å². The molecule has 0 saturated heterocycles. The minimum Gasteiger partial charge on any atom is -0.490 e. The Morgan fingerprint density at radius 2 is 2.18 bits per heavy atom. The van der Waals surface area contributed by atoms with Crippen LogP contribution in [-0.2, 0) is 0 Å². The highest BCUT2D eigenvalue weighted by atomic mass is 32.2. The fourth-order valence-electron chi connectivity index (χ4n) is 2.15. The first kappa shape index (κ1) is 11.4. The topological polar surface area (TPSA) is 29.5 Å². The quantitative estimate of drug-likeness (QED) is 0.870. The first-order valence-electron chi connectivity index (χ1n) is 6.23. The van der Waals surface area contributed by atoms with Gasteiger partial charge in [0.25, 0.3) is 0 Å². The highest BCUT2D eigenvalue weighted by Gasteiger charge is 2.49. The Labute approximate surface area is 106 Å². The second-order valence-electron chi connectivity index (χ2n) is 5.06. The van der Waals surface area contributed by atoms with Gasteiger partial charge in [-0.15, -0.1) is 0 Å². The van der Waals surface area contributed by atoms with Crippen LogP contribution in [-0.4, -0.2) is 22.2 Å². The van der Waals surface area contributed by atoms with Gasteiger partial charge in [-0.25, -0.2) is 0 Å². The molecule has 1 aromatic carbocycles. The normalized spacial score (nSPS) is 23.2. The largest absolute Gasteiger partial charge is 0.490 e. The summed E-state index contributed by atoms with van der Waals surface area (Å²) in [6.07, 6.45) is 6.70. The van der Waals surface area contributed by atoms with Gasteiger partial charge in [-0.05, 0) is 49.6 Å². The van der Waals surface area contributed by atoms with Crippen molar-refractivity contribution < 1.29 is 9.84 Å². The molecule has 0 radical (unpaired) electrons. The van der Waals surface area contributed by atoms with Gasteiger partial charge in [0.05, 0.1) is 12.2 Å². The number of aliphatic hydroxyl groups excluding tert-OH is 1. The molecule has 1 unspecified atom stereocenters. The van der Waals surface area contributed by atoms with Crippen molar-refractivity contribution in [2.75, 3.05) is 6.26 Å². The summed E-state index contributed by atoms with van der Waals surface area (Å²) in [4.78, 5) is 0. The Morgan fingerprint density at radius 3 is 2.76 bits per heavy atom. The molecule has 0 amide bonds. The Kier molecular flexibility index (Phi) is 2.83. The minimum absolute atomic E-state index is 0.0677. The third-order valence-electron chi connectivity index (χ3n) is 3.65. The average molecular weight is 250 g/mol. The number of hydrogen-bond acceptors (Lipinski definition) is 3. The van der Waals surface area contributed by atoms with E-state index < -0.39 is 0 Å². The molecule has 3 heteroatoms. The van der Waals surface area contributed by atoms with Crippen LogP contribution in [0.25, 0.3) is 0 Å². The van der Waals surface area contributed by atoms with Gasteiger partial charge in [0, 0.05) is 4.75 Å². The number of aliphatic hydroxyl groups is 1. The molecule has 1 N–H and O–H groups in total. The molecule has 0 aliphatic heterocycles. The first-order chi connectivity index (χ1) is 8.23. The van der Waals surface area contributed by atoms with E-state index in [1.54, 1.807) is 11.8 Å². The molecule has 0 bridgehead atoms. The van der Waals surface area contributed by atoms with Crippen molar-refractivity contribution >= 4 is 11.8 Å². The monoisotopic (exact) mass is 250 g/mol. The molecule has 2 fully saturated rings. The summed E-state index contributed by atoms with van der Waals surface area (Å²) in [5.41, 5.74) is 0.995. The molecular formula is C14H18O2S. The van der Waals surface area contributed by atoms with Crippen LogP contribution >= 0.6 is 11.8 Å². The van der Waals surface area contributed by atoms with Gasteiger partial charge in [-0.3, -0.25) is 0 Å². The summed E-state index contributed by atoms with van der Waals surface area (Å²) < 4.78 is 5.83. The van der Waals surface area contributed by atoms with E-state index in [2.05, 4.69) is 6.26 Å². The Balaban J connectivity index is 1.77. The molecule has 2 aliphatic rings. The molecule has 17 heavy (non-hydrogen) atoms. The summed E-state index contributed by atoms with van der Waals surface area (Å²) in [6.45, 7) is 0. The molecule has 0 heterocycles. The molecule has 2 saturated carbocycles. The molecule has 92 valence electrons. The van der Waals surface area contributed by atoms with Gasteiger partial charge in [-0.2, -0.15) is 11.8 Å². The number of rotatable bonds is 5. The van der Waals surface area contributed by atoms with Crippen LogP contribution in [0.1, 0.15) is 37.4 Å². The SMILES string of the molecule is CSC1(C(O)c2cccc(OC3CC3)c2)CC1. The summed E-state index contributed by atoms with van der Waals surface area (Å²) in [7, 11) is 0. The minimum atomic E-state index is -0.361. The van der Waals surface area contributed by atoms with Gasteiger partial charge in [0.2, 0.25) is 0 Å². The van der Waals surface area contributed by atoms with E-state index >= 15 is 0 Å². The predicted octanol–water partition coefficient (Wildman–Crippen LogP) is 3.16. The predicted molar refractivity (Wildman–Crippen MR) is 70.5 cm³/mol. The van der Waals surface area contributed by atoms with Crippen molar-refractivity contribution in [2.45, 2.75) is 42.6 Å². The maximum absolute atomic E-state index is 10.4. The zero-order valence-electron chi connectivity index (χ0n) is 10.1. The maximum atomic E-state index is 10.4. The lowest BCUT2D eigenvalue weighted by atomic mass is 10.0. The highest BCUT2D eigenvalue weighted by Crippen LogP contribution is 2.55. The molecule has 2 nitrogen and oxygen atoms in total. The van der Waals surface area contributed by atoms with Crippen LogP contribution in [0, 0.1) is 0 Å². The number of ether oxygens (including phenoxy) is 1. The van der Waals surface area contributed by atoms with E-state index in [0.717, 1.165) is 24.2 Å². The van der Waals surface area contributed by atoms with Crippen LogP contribution in [0.4, 0.5) is 0 Å². The lowest BCUT2D eigenvalue weighted by Crippen LogP contribution is -2.16.